The van der Waals surface area contributed by atoms with Gasteiger partial charge in [-0.2, -0.15) is 4.39 Å². The Kier molecular flexibility index (Phi) is 1.89. The maximum atomic E-state index is 12.1. The lowest BCUT2D eigenvalue weighted by Gasteiger charge is -1.95. The van der Waals surface area contributed by atoms with Crippen LogP contribution in [-0.2, 0) is 0 Å². The molecule has 1 nitrogen and oxygen atoms in total. The molecule has 0 spiro atoms. The Morgan fingerprint density at radius 2 is 2.10 bits per heavy atom. The first-order valence-corrected chi connectivity index (χ1v) is 2.60. The second-order valence-electron chi connectivity index (χ2n) is 1.71. The topological polar surface area (TPSA) is 12.9 Å². The fourth-order valence-corrected chi connectivity index (χ4v) is 0.553. The Labute approximate surface area is 55.5 Å². The number of hydrogen-bond acceptors (Lipinski definition) is 1. The molecule has 0 amide bonds. The average molecular weight is 147 g/mol. The van der Waals surface area contributed by atoms with Gasteiger partial charge in [-0.15, -0.1) is 0 Å². The minimum Gasteiger partial charge on any atom is -0.228 e. The van der Waals surface area contributed by atoms with Crippen LogP contribution in [0.1, 0.15) is 12.0 Å². The van der Waals surface area contributed by atoms with Gasteiger partial charge in [-0.1, -0.05) is 0 Å². The number of alkyl halides is 2. The third kappa shape index (κ3) is 1.46. The van der Waals surface area contributed by atoms with Gasteiger partial charge in [0.15, 0.2) is 0 Å². The highest BCUT2D eigenvalue weighted by molar-refractivity contribution is 5.11. The number of rotatable bonds is 1. The minimum atomic E-state index is -2.63. The fourth-order valence-electron chi connectivity index (χ4n) is 0.553. The van der Waals surface area contributed by atoms with Crippen molar-refractivity contribution in [2.75, 3.05) is 0 Å². The van der Waals surface area contributed by atoms with Crippen molar-refractivity contribution in [3.8, 4) is 0 Å². The summed E-state index contributed by atoms with van der Waals surface area (Å²) in [6.07, 6.45) is -1.62. The molecule has 4 heteroatoms. The molecular formula is C6H4F3N. The van der Waals surface area contributed by atoms with Crippen LogP contribution < -0.4 is 0 Å². The van der Waals surface area contributed by atoms with Crippen LogP contribution in [0.2, 0.25) is 0 Å². The highest BCUT2D eigenvalue weighted by Gasteiger charge is 2.06. The average Bonchev–Trinajstić information content (AvgIpc) is 1.88. The van der Waals surface area contributed by atoms with Gasteiger partial charge in [0.05, 0.1) is 0 Å². The van der Waals surface area contributed by atoms with Gasteiger partial charge >= 0.3 is 0 Å². The summed E-state index contributed by atoms with van der Waals surface area (Å²) in [6, 6.07) is 1.79. The molecule has 1 rings (SSSR count). The van der Waals surface area contributed by atoms with E-state index in [1.165, 1.54) is 0 Å². The number of nitrogens with zero attached hydrogens (tertiary/aromatic N) is 1. The number of halogens is 3. The van der Waals surface area contributed by atoms with Crippen molar-refractivity contribution in [1.82, 2.24) is 4.98 Å². The molecule has 0 radical (unpaired) electrons. The van der Waals surface area contributed by atoms with E-state index in [0.717, 1.165) is 12.3 Å². The monoisotopic (exact) mass is 147 g/mol. The molecular weight excluding hydrogens is 143 g/mol. The van der Waals surface area contributed by atoms with Gasteiger partial charge in [-0.3, -0.25) is 0 Å². The first-order chi connectivity index (χ1) is 4.70. The molecule has 1 heterocycles. The van der Waals surface area contributed by atoms with Crippen LogP contribution >= 0.6 is 0 Å². The summed E-state index contributed by atoms with van der Waals surface area (Å²) in [5.41, 5.74) is -0.340. The summed E-state index contributed by atoms with van der Waals surface area (Å²) in [5, 5.41) is 0. The molecule has 0 saturated heterocycles. The lowest BCUT2D eigenvalue weighted by Crippen LogP contribution is -1.87. The Morgan fingerprint density at radius 3 is 2.50 bits per heavy atom. The quantitative estimate of drug-likeness (QED) is 0.554. The highest BCUT2D eigenvalue weighted by Crippen LogP contribution is 2.17. The lowest BCUT2D eigenvalue weighted by atomic mass is 10.3. The number of aromatic nitrogens is 1. The highest BCUT2D eigenvalue weighted by atomic mass is 19.3. The van der Waals surface area contributed by atoms with Gasteiger partial charge in [0, 0.05) is 17.8 Å². The van der Waals surface area contributed by atoms with E-state index in [4.69, 9.17) is 0 Å². The van der Waals surface area contributed by atoms with Crippen LogP contribution in [0.15, 0.2) is 18.3 Å². The molecule has 0 saturated carbocycles. The first kappa shape index (κ1) is 7.05. The normalized spacial score (nSPS) is 10.4. The van der Waals surface area contributed by atoms with Crippen molar-refractivity contribution in [3.05, 3.63) is 29.8 Å². The molecule has 0 atom stereocenters. The molecule has 0 aliphatic heterocycles. The van der Waals surface area contributed by atoms with Gasteiger partial charge in [0.1, 0.15) is 0 Å². The van der Waals surface area contributed by atoms with Crippen molar-refractivity contribution in [2.45, 2.75) is 6.43 Å². The van der Waals surface area contributed by atoms with Crippen LogP contribution in [0.25, 0.3) is 0 Å². The Balaban J connectivity index is 2.96. The predicted molar refractivity (Wildman–Crippen MR) is 29.2 cm³/mol. The van der Waals surface area contributed by atoms with E-state index in [0.29, 0.717) is 6.07 Å². The molecule has 1 aromatic rings. The maximum Gasteiger partial charge on any atom is 0.264 e. The molecule has 10 heavy (non-hydrogen) atoms. The summed E-state index contributed by atoms with van der Waals surface area (Å²) in [7, 11) is 0. The molecule has 0 aliphatic carbocycles. The second-order valence-corrected chi connectivity index (χ2v) is 1.71. The second kappa shape index (κ2) is 2.68. The molecule has 0 unspecified atom stereocenters. The zero-order valence-corrected chi connectivity index (χ0v) is 4.89. The van der Waals surface area contributed by atoms with E-state index in [9.17, 15) is 13.2 Å². The smallest absolute Gasteiger partial charge is 0.228 e. The summed E-state index contributed by atoms with van der Waals surface area (Å²) in [6.45, 7) is 0. The Bertz CT molecular complexity index is 224. The molecule has 1 aromatic heterocycles. The van der Waals surface area contributed by atoms with Gasteiger partial charge in [0.25, 0.3) is 6.43 Å². The van der Waals surface area contributed by atoms with E-state index in [1.807, 2.05) is 0 Å². The summed E-state index contributed by atoms with van der Waals surface area (Å²) in [4.78, 5) is 3.12. The van der Waals surface area contributed by atoms with Crippen molar-refractivity contribution in [2.24, 2.45) is 0 Å². The summed E-state index contributed by atoms with van der Waals surface area (Å²) in [5.74, 6) is -0.877. The largest absolute Gasteiger partial charge is 0.264 e. The van der Waals surface area contributed by atoms with Crippen molar-refractivity contribution in [1.29, 1.82) is 0 Å². The van der Waals surface area contributed by atoms with Crippen LogP contribution in [0.5, 0.6) is 0 Å². The van der Waals surface area contributed by atoms with Crippen molar-refractivity contribution >= 4 is 0 Å². The standard InChI is InChI=1S/C6H4F3N/c7-5-3-4(6(8)9)1-2-10-5/h1-3,6H. The van der Waals surface area contributed by atoms with Crippen molar-refractivity contribution in [3.63, 3.8) is 0 Å². The van der Waals surface area contributed by atoms with Gasteiger partial charge < -0.3 is 0 Å². The molecule has 0 aliphatic rings. The minimum absolute atomic E-state index is 0.340. The van der Waals surface area contributed by atoms with Crippen LogP contribution in [-0.4, -0.2) is 4.98 Å². The number of pyridine rings is 1. The fraction of sp³-hybridized carbons (Fsp3) is 0.167. The maximum absolute atomic E-state index is 12.1. The van der Waals surface area contributed by atoms with Crippen LogP contribution in [0, 0.1) is 5.95 Å². The SMILES string of the molecule is Fc1cc(C(F)F)ccn1. The third-order valence-corrected chi connectivity index (χ3v) is 1.00. The predicted octanol–water partition coefficient (Wildman–Crippen LogP) is 2.16. The molecule has 54 valence electrons. The Morgan fingerprint density at radius 1 is 1.40 bits per heavy atom. The van der Waals surface area contributed by atoms with Gasteiger partial charge in [0.2, 0.25) is 5.95 Å². The number of hydrogen-bond donors (Lipinski definition) is 0. The van der Waals surface area contributed by atoms with Crippen molar-refractivity contribution < 1.29 is 13.2 Å². The van der Waals surface area contributed by atoms with E-state index in [1.54, 1.807) is 0 Å². The molecule has 0 aromatic carbocycles. The summed E-state index contributed by atoms with van der Waals surface area (Å²) >= 11 is 0. The van der Waals surface area contributed by atoms with Crippen LogP contribution in [0.4, 0.5) is 13.2 Å². The molecule has 0 fully saturated rings. The molecule has 0 N–H and O–H groups in total. The van der Waals surface area contributed by atoms with E-state index >= 15 is 0 Å². The Hall–Kier alpha value is -1.06. The van der Waals surface area contributed by atoms with Gasteiger partial charge in [-0.25, -0.2) is 13.8 Å². The third-order valence-electron chi connectivity index (χ3n) is 1.00. The summed E-state index contributed by atoms with van der Waals surface area (Å²) < 4.78 is 35.6. The first-order valence-electron chi connectivity index (χ1n) is 2.60. The zero-order valence-electron chi connectivity index (χ0n) is 4.89. The lowest BCUT2D eigenvalue weighted by molar-refractivity contribution is 0.150. The van der Waals surface area contributed by atoms with E-state index in [-0.39, 0.29) is 5.56 Å². The van der Waals surface area contributed by atoms with Gasteiger partial charge in [-0.05, 0) is 6.07 Å². The molecule has 0 bridgehead atoms. The van der Waals surface area contributed by atoms with Crippen LogP contribution in [0.3, 0.4) is 0 Å². The van der Waals surface area contributed by atoms with E-state index < -0.39 is 12.4 Å². The van der Waals surface area contributed by atoms with E-state index in [2.05, 4.69) is 4.98 Å². The zero-order chi connectivity index (χ0) is 7.56.